The molecule has 1 N–H and O–H groups in total. The molecule has 0 unspecified atom stereocenters. The lowest BCUT2D eigenvalue weighted by Crippen LogP contribution is -2.32. The Bertz CT molecular complexity index is 1510. The van der Waals surface area contributed by atoms with E-state index in [9.17, 15) is 24.0 Å². The Morgan fingerprint density at radius 1 is 0.750 bits per heavy atom. The van der Waals surface area contributed by atoms with Crippen molar-refractivity contribution in [3.8, 4) is 5.75 Å². The first-order valence-corrected chi connectivity index (χ1v) is 12.3. The number of carbonyl (C=O) groups is 5. The van der Waals surface area contributed by atoms with E-state index in [2.05, 4.69) is 10.1 Å². The number of nitrogens with one attached hydrogen (secondary N) is 1. The summed E-state index contributed by atoms with van der Waals surface area (Å²) in [5, 5.41) is 2.51. The maximum atomic E-state index is 13.1. The first kappa shape index (κ1) is 28.1. The molecule has 1 heterocycles. The second kappa shape index (κ2) is 11.8. The van der Waals surface area contributed by atoms with Crippen molar-refractivity contribution >= 4 is 52.7 Å². The molecule has 3 aromatic carbocycles. The summed E-state index contributed by atoms with van der Waals surface area (Å²) in [6.07, 6.45) is -0.294. The number of hydrogen-bond donors (Lipinski definition) is 1. The molecule has 0 atom stereocenters. The van der Waals surface area contributed by atoms with Gasteiger partial charge in [-0.15, -0.1) is 0 Å². The Labute approximate surface area is 234 Å². The van der Waals surface area contributed by atoms with E-state index in [4.69, 9.17) is 21.1 Å². The van der Waals surface area contributed by atoms with Gasteiger partial charge in [0.25, 0.3) is 11.8 Å². The third-order valence-electron chi connectivity index (χ3n) is 5.61. The lowest BCUT2D eigenvalue weighted by molar-refractivity contribution is -0.120. The molecular formula is C29H23ClN2O8. The van der Waals surface area contributed by atoms with Crippen molar-refractivity contribution in [3.05, 3.63) is 100 Å². The molecule has 2 amide bonds. The van der Waals surface area contributed by atoms with E-state index in [0.29, 0.717) is 11.3 Å². The average molecular weight is 563 g/mol. The van der Waals surface area contributed by atoms with Crippen LogP contribution in [-0.4, -0.2) is 42.9 Å². The van der Waals surface area contributed by atoms with E-state index in [-0.39, 0.29) is 39.4 Å². The number of amides is 2. The van der Waals surface area contributed by atoms with E-state index >= 15 is 0 Å². The Morgan fingerprint density at radius 3 is 1.85 bits per heavy atom. The molecule has 3 aromatic rings. The minimum Gasteiger partial charge on any atom is -0.465 e. The first-order chi connectivity index (χ1) is 19.1. The van der Waals surface area contributed by atoms with Gasteiger partial charge in [0.15, 0.2) is 0 Å². The molecule has 0 radical (unpaired) electrons. The fourth-order valence-corrected chi connectivity index (χ4v) is 3.86. The lowest BCUT2D eigenvalue weighted by atomic mass is 10.2. The maximum absolute atomic E-state index is 13.1. The average Bonchev–Trinajstić information content (AvgIpc) is 3.15. The molecule has 0 aliphatic carbocycles. The molecule has 10 nitrogen and oxygen atoms in total. The predicted octanol–water partition coefficient (Wildman–Crippen LogP) is 4.69. The number of nitrogens with zero attached hydrogens (tertiary/aromatic N) is 1. The van der Waals surface area contributed by atoms with Gasteiger partial charge in [-0.2, -0.15) is 0 Å². The van der Waals surface area contributed by atoms with Crippen molar-refractivity contribution in [1.29, 1.82) is 0 Å². The van der Waals surface area contributed by atoms with Crippen LogP contribution >= 0.6 is 11.6 Å². The Hall–Kier alpha value is -4.96. The molecule has 40 heavy (non-hydrogen) atoms. The molecule has 1 aliphatic rings. The maximum Gasteiger partial charge on any atom is 0.343 e. The van der Waals surface area contributed by atoms with Crippen molar-refractivity contribution < 1.29 is 38.2 Å². The summed E-state index contributed by atoms with van der Waals surface area (Å²) in [4.78, 5) is 62.8. The van der Waals surface area contributed by atoms with Crippen LogP contribution in [0.25, 0.3) is 0 Å². The quantitative estimate of drug-likeness (QED) is 0.236. The molecule has 11 heteroatoms. The number of halogens is 1. The molecule has 0 bridgehead atoms. The fourth-order valence-electron chi connectivity index (χ4n) is 3.65. The number of esters is 3. The van der Waals surface area contributed by atoms with Gasteiger partial charge in [-0.3, -0.25) is 9.59 Å². The third kappa shape index (κ3) is 6.02. The minimum atomic E-state index is -0.731. The third-order valence-corrected chi connectivity index (χ3v) is 5.96. The van der Waals surface area contributed by atoms with Gasteiger partial charge in [-0.05, 0) is 86.6 Å². The number of methoxy groups -OCH3 is 1. The Kier molecular flexibility index (Phi) is 8.30. The van der Waals surface area contributed by atoms with Gasteiger partial charge < -0.3 is 19.5 Å². The highest BCUT2D eigenvalue weighted by Gasteiger charge is 2.39. The van der Waals surface area contributed by atoms with Gasteiger partial charge in [0.1, 0.15) is 16.5 Å². The van der Waals surface area contributed by atoms with Gasteiger partial charge in [-0.1, -0.05) is 11.6 Å². The topological polar surface area (TPSA) is 128 Å². The number of carbonyl (C=O) groups excluding carboxylic acids is 5. The molecular weight excluding hydrogens is 540 g/mol. The number of ether oxygens (including phenoxy) is 3. The number of benzene rings is 3. The highest BCUT2D eigenvalue weighted by atomic mass is 35.5. The molecule has 1 aliphatic heterocycles. The Morgan fingerprint density at radius 2 is 1.27 bits per heavy atom. The predicted molar refractivity (Wildman–Crippen MR) is 145 cm³/mol. The highest BCUT2D eigenvalue weighted by molar-refractivity contribution is 6.53. The lowest BCUT2D eigenvalue weighted by Gasteiger charge is -2.16. The highest BCUT2D eigenvalue weighted by Crippen LogP contribution is 2.30. The summed E-state index contributed by atoms with van der Waals surface area (Å²) >= 11 is 6.20. The van der Waals surface area contributed by atoms with E-state index in [1.165, 1.54) is 79.9 Å². The molecule has 0 aromatic heterocycles. The molecule has 0 fully saturated rings. The number of anilines is 2. The van der Waals surface area contributed by atoms with E-state index in [1.807, 2.05) is 0 Å². The van der Waals surface area contributed by atoms with Gasteiger partial charge >= 0.3 is 17.9 Å². The van der Waals surface area contributed by atoms with Crippen LogP contribution in [0.2, 0.25) is 0 Å². The van der Waals surface area contributed by atoms with Crippen LogP contribution < -0.4 is 15.0 Å². The number of hydrogen-bond acceptors (Lipinski definition) is 9. The van der Waals surface area contributed by atoms with E-state index in [1.54, 1.807) is 13.8 Å². The van der Waals surface area contributed by atoms with E-state index < -0.39 is 29.7 Å². The Balaban J connectivity index is 1.42. The summed E-state index contributed by atoms with van der Waals surface area (Å²) in [5.74, 6) is -2.87. The van der Waals surface area contributed by atoms with Gasteiger partial charge in [0.2, 0.25) is 0 Å². The first-order valence-electron chi connectivity index (χ1n) is 12.0. The van der Waals surface area contributed by atoms with Crippen LogP contribution in [0.1, 0.15) is 44.9 Å². The summed E-state index contributed by atoms with van der Waals surface area (Å²) in [6.45, 7) is 3.45. The molecule has 0 spiro atoms. The second-order valence-electron chi connectivity index (χ2n) is 8.74. The molecule has 4 rings (SSSR count). The van der Waals surface area contributed by atoms with Crippen LogP contribution in [0.5, 0.6) is 5.75 Å². The van der Waals surface area contributed by atoms with Crippen molar-refractivity contribution in [2.45, 2.75) is 20.0 Å². The smallest absolute Gasteiger partial charge is 0.343 e. The summed E-state index contributed by atoms with van der Waals surface area (Å²) in [6, 6.07) is 17.6. The standard InChI is InChI=1S/C29H23ClN2O8/c1-16(2)39-28(36)19-6-12-21(13-7-19)32-25(33)23(30)24(26(32)34)31-20-10-4-18(5-11-20)29(37)40-22-14-8-17(9-15-22)27(35)38-3/h4-16,31H,1-3H3. The normalized spacial score (nSPS) is 13.0. The largest absolute Gasteiger partial charge is 0.465 e. The van der Waals surface area contributed by atoms with E-state index in [0.717, 1.165) is 4.90 Å². The fraction of sp³-hybridized carbons (Fsp3) is 0.138. The number of rotatable bonds is 8. The summed E-state index contributed by atoms with van der Waals surface area (Å²) in [5.41, 5.74) is 1.27. The van der Waals surface area contributed by atoms with Crippen molar-refractivity contribution in [3.63, 3.8) is 0 Å². The monoisotopic (exact) mass is 562 g/mol. The van der Waals surface area contributed by atoms with Crippen LogP contribution in [0.4, 0.5) is 11.4 Å². The van der Waals surface area contributed by atoms with Crippen molar-refractivity contribution in [2.24, 2.45) is 0 Å². The van der Waals surface area contributed by atoms with Crippen LogP contribution in [0, 0.1) is 0 Å². The molecule has 0 saturated heterocycles. The zero-order chi connectivity index (χ0) is 29.0. The van der Waals surface area contributed by atoms with Gasteiger partial charge in [-0.25, -0.2) is 19.3 Å². The van der Waals surface area contributed by atoms with Gasteiger partial charge in [0, 0.05) is 5.69 Å². The second-order valence-corrected chi connectivity index (χ2v) is 9.12. The SMILES string of the molecule is COC(=O)c1ccc(OC(=O)c2ccc(NC3=C(Cl)C(=O)N(c4ccc(C(=O)OC(C)C)cc4)C3=O)cc2)cc1. The van der Waals surface area contributed by atoms with Crippen LogP contribution in [-0.2, 0) is 19.1 Å². The van der Waals surface area contributed by atoms with Crippen molar-refractivity contribution in [2.75, 3.05) is 17.3 Å². The zero-order valence-corrected chi connectivity index (χ0v) is 22.4. The number of imide groups is 1. The summed E-state index contributed by atoms with van der Waals surface area (Å²) in [7, 11) is 1.27. The van der Waals surface area contributed by atoms with Crippen molar-refractivity contribution in [1.82, 2.24) is 0 Å². The molecule has 0 saturated carbocycles. The summed E-state index contributed by atoms with van der Waals surface area (Å²) < 4.78 is 15.1. The van der Waals surface area contributed by atoms with Crippen LogP contribution in [0.15, 0.2) is 83.5 Å². The van der Waals surface area contributed by atoms with Gasteiger partial charge in [0.05, 0.1) is 35.6 Å². The molecule has 204 valence electrons. The zero-order valence-electron chi connectivity index (χ0n) is 21.6. The minimum absolute atomic E-state index is 0.143. The van der Waals surface area contributed by atoms with Crippen LogP contribution in [0.3, 0.4) is 0 Å².